The molecule has 0 aliphatic heterocycles. The fraction of sp³-hybridized carbons (Fsp3) is 0. The summed E-state index contributed by atoms with van der Waals surface area (Å²) in [7, 11) is 0. The Labute approximate surface area is 47.9 Å². The molecule has 0 amide bonds. The van der Waals surface area contributed by atoms with Crippen LogP contribution in [0.25, 0.3) is 10.4 Å². The van der Waals surface area contributed by atoms with Gasteiger partial charge in [-0.1, -0.05) is 5.11 Å². The van der Waals surface area contributed by atoms with Gasteiger partial charge in [0.1, 0.15) is 0 Å². The zero-order chi connectivity index (χ0) is 6.41. The van der Waals surface area contributed by atoms with Gasteiger partial charge in [-0.25, -0.2) is 4.21 Å². The molecule has 0 aromatic carbocycles. The van der Waals surface area contributed by atoms with Crippen molar-refractivity contribution >= 4 is 11.1 Å². The number of hydrogen-bond acceptors (Lipinski definition) is 2. The van der Waals surface area contributed by atoms with Gasteiger partial charge in [-0.05, 0) is 5.53 Å². The first-order chi connectivity index (χ1) is 3.77. The van der Waals surface area contributed by atoms with Crippen LogP contribution in [0.2, 0.25) is 0 Å². The van der Waals surface area contributed by atoms with Crippen LogP contribution < -0.4 is 0 Å². The average Bonchev–Trinajstić information content (AvgIpc) is 1.66. The first-order valence-corrected chi connectivity index (χ1v) is 2.75. The second-order valence-electron chi connectivity index (χ2n) is 0.766. The number of hydrogen-bond donors (Lipinski definition) is 1. The van der Waals surface area contributed by atoms with Crippen molar-refractivity contribution in [1.82, 2.24) is 0 Å². The summed E-state index contributed by atoms with van der Waals surface area (Å²) in [6.07, 6.45) is 0.913. The van der Waals surface area contributed by atoms with E-state index in [0.29, 0.717) is 0 Å². The topological polar surface area (TPSA) is 86.1 Å². The smallest absolute Gasteiger partial charge is 0.178 e. The number of rotatable bonds is 2. The minimum absolute atomic E-state index is 0.861. The van der Waals surface area contributed by atoms with Crippen LogP contribution in [0, 0.1) is 0 Å². The largest absolute Gasteiger partial charge is 0.303 e. The lowest BCUT2D eigenvalue weighted by Crippen LogP contribution is -1.73. The molecule has 8 heavy (non-hydrogen) atoms. The van der Waals surface area contributed by atoms with Crippen molar-refractivity contribution in [2.45, 2.75) is 0 Å². The molecule has 0 bridgehead atoms. The summed E-state index contributed by atoms with van der Waals surface area (Å²) in [5.41, 5.74) is 7.61. The molecule has 0 aromatic rings. The summed E-state index contributed by atoms with van der Waals surface area (Å²) in [6, 6.07) is 0. The van der Waals surface area contributed by atoms with Gasteiger partial charge >= 0.3 is 0 Å². The molecule has 0 radical (unpaired) electrons. The highest BCUT2D eigenvalue weighted by molar-refractivity contribution is 7.82. The SMILES string of the molecule is [N-]=[N+]=NC=CS(=O)O. The molecule has 6 heteroatoms. The molecule has 0 saturated heterocycles. The fourth-order valence-electron chi connectivity index (χ4n) is 0.109. The lowest BCUT2D eigenvalue weighted by Gasteiger charge is -1.70. The van der Waals surface area contributed by atoms with Crippen molar-refractivity contribution in [1.29, 1.82) is 0 Å². The molecule has 44 valence electrons. The van der Waals surface area contributed by atoms with Gasteiger partial charge in [0, 0.05) is 16.5 Å². The summed E-state index contributed by atoms with van der Waals surface area (Å²) < 4.78 is 17.7. The van der Waals surface area contributed by atoms with E-state index >= 15 is 0 Å². The van der Waals surface area contributed by atoms with Gasteiger partial charge in [-0.3, -0.25) is 0 Å². The van der Waals surface area contributed by atoms with Crippen LogP contribution >= 0.6 is 0 Å². The standard InChI is InChI=1S/C2H3N3O2S/c3-5-4-1-2-8(6)7/h1-2H,(H,6,7). The lowest BCUT2D eigenvalue weighted by molar-refractivity contribution is 0.574. The quantitative estimate of drug-likeness (QED) is 0.263. The van der Waals surface area contributed by atoms with Gasteiger partial charge in [-0.15, -0.1) is 0 Å². The van der Waals surface area contributed by atoms with Gasteiger partial charge < -0.3 is 4.55 Å². The molecule has 0 aliphatic carbocycles. The van der Waals surface area contributed by atoms with E-state index in [9.17, 15) is 4.21 Å². The van der Waals surface area contributed by atoms with E-state index < -0.39 is 11.1 Å². The highest BCUT2D eigenvalue weighted by atomic mass is 32.2. The maximum Gasteiger partial charge on any atom is 0.178 e. The van der Waals surface area contributed by atoms with Gasteiger partial charge in [0.2, 0.25) is 0 Å². The highest BCUT2D eigenvalue weighted by Gasteiger charge is 1.74. The second kappa shape index (κ2) is 4.32. The van der Waals surface area contributed by atoms with Gasteiger partial charge in [-0.2, -0.15) is 0 Å². The van der Waals surface area contributed by atoms with Gasteiger partial charge in [0.25, 0.3) is 0 Å². The van der Waals surface area contributed by atoms with E-state index in [2.05, 4.69) is 10.0 Å². The number of nitrogens with zero attached hydrogens (tertiary/aromatic N) is 3. The van der Waals surface area contributed by atoms with Gasteiger partial charge in [0.15, 0.2) is 11.1 Å². The van der Waals surface area contributed by atoms with Crippen LogP contribution in [0.5, 0.6) is 0 Å². The third-order valence-corrected chi connectivity index (χ3v) is 0.650. The summed E-state index contributed by atoms with van der Waals surface area (Å²) in [5.74, 6) is 0. The minimum Gasteiger partial charge on any atom is -0.303 e. The first-order valence-electron chi connectivity index (χ1n) is 1.58. The molecule has 0 aromatic heterocycles. The Balaban J connectivity index is 3.67. The van der Waals surface area contributed by atoms with Crippen LogP contribution in [0.4, 0.5) is 0 Å². The molecule has 0 saturated carbocycles. The molecule has 5 nitrogen and oxygen atoms in total. The highest BCUT2D eigenvalue weighted by Crippen LogP contribution is 1.78. The van der Waals surface area contributed by atoms with Crippen LogP contribution in [-0.2, 0) is 11.1 Å². The molecule has 1 N–H and O–H groups in total. The van der Waals surface area contributed by atoms with E-state index in [1.54, 1.807) is 0 Å². The third kappa shape index (κ3) is 5.16. The van der Waals surface area contributed by atoms with Crippen molar-refractivity contribution in [3.05, 3.63) is 22.1 Å². The van der Waals surface area contributed by atoms with E-state index in [0.717, 1.165) is 11.6 Å². The van der Waals surface area contributed by atoms with E-state index in [-0.39, 0.29) is 0 Å². The van der Waals surface area contributed by atoms with Crippen molar-refractivity contribution in [2.75, 3.05) is 0 Å². The Kier molecular flexibility index (Phi) is 3.87. The molecule has 0 rings (SSSR count). The van der Waals surface area contributed by atoms with E-state index in [1.165, 1.54) is 0 Å². The molecule has 1 unspecified atom stereocenters. The van der Waals surface area contributed by atoms with Crippen molar-refractivity contribution in [3.63, 3.8) is 0 Å². The van der Waals surface area contributed by atoms with Crippen LogP contribution in [0.15, 0.2) is 16.7 Å². The molecule has 0 fully saturated rings. The van der Waals surface area contributed by atoms with Crippen LogP contribution in [-0.4, -0.2) is 8.76 Å². The Morgan fingerprint density at radius 2 is 2.50 bits per heavy atom. The maximum atomic E-state index is 9.72. The molecule has 1 atom stereocenters. The Morgan fingerprint density at radius 3 is 2.88 bits per heavy atom. The summed E-state index contributed by atoms with van der Waals surface area (Å²) >= 11 is -2.01. The van der Waals surface area contributed by atoms with Crippen molar-refractivity contribution in [3.8, 4) is 0 Å². The Morgan fingerprint density at radius 1 is 1.88 bits per heavy atom. The van der Waals surface area contributed by atoms with E-state index in [4.69, 9.17) is 10.1 Å². The fourth-order valence-corrected chi connectivity index (χ4v) is 0.268. The van der Waals surface area contributed by atoms with Crippen molar-refractivity contribution < 1.29 is 8.76 Å². The van der Waals surface area contributed by atoms with Crippen LogP contribution in [0.1, 0.15) is 0 Å². The zero-order valence-corrected chi connectivity index (χ0v) is 4.58. The first kappa shape index (κ1) is 7.16. The van der Waals surface area contributed by atoms with E-state index in [1.807, 2.05) is 0 Å². The normalized spacial score (nSPS) is 13.1. The second-order valence-corrected chi connectivity index (χ2v) is 1.59. The summed E-state index contributed by atoms with van der Waals surface area (Å²) in [5, 5.41) is 3.72. The van der Waals surface area contributed by atoms with Gasteiger partial charge in [0.05, 0.1) is 0 Å². The number of azide groups is 1. The van der Waals surface area contributed by atoms with Crippen LogP contribution in [0.3, 0.4) is 0 Å². The zero-order valence-electron chi connectivity index (χ0n) is 3.76. The molecular formula is C2H3N3O2S. The monoisotopic (exact) mass is 133 g/mol. The van der Waals surface area contributed by atoms with Crippen molar-refractivity contribution in [2.24, 2.45) is 5.11 Å². The molecule has 0 spiro atoms. The molecular weight excluding hydrogens is 130 g/mol. The average molecular weight is 133 g/mol. The Hall–Kier alpha value is -0.840. The maximum absolute atomic E-state index is 9.72. The predicted octanol–water partition coefficient (Wildman–Crippen LogP) is 0.990. The molecule has 0 aliphatic rings. The predicted molar refractivity (Wildman–Crippen MR) is 29.1 cm³/mol. The summed E-state index contributed by atoms with van der Waals surface area (Å²) in [4.78, 5) is 2.30. The Bertz CT molecular complexity index is 155. The summed E-state index contributed by atoms with van der Waals surface area (Å²) in [6.45, 7) is 0. The lowest BCUT2D eigenvalue weighted by atomic mass is 11.1. The third-order valence-electron chi connectivity index (χ3n) is 0.296. The molecule has 0 heterocycles. The minimum atomic E-state index is -2.01.